The summed E-state index contributed by atoms with van der Waals surface area (Å²) in [5.74, 6) is 1.79. The van der Waals surface area contributed by atoms with Crippen molar-refractivity contribution in [1.29, 1.82) is 5.26 Å². The van der Waals surface area contributed by atoms with Crippen LogP contribution in [0.3, 0.4) is 0 Å². The summed E-state index contributed by atoms with van der Waals surface area (Å²) >= 11 is 0. The molecule has 2 N–H and O–H groups in total. The Kier molecular flexibility index (Phi) is 9.69. The zero-order valence-corrected chi connectivity index (χ0v) is 28.3. The Labute approximate surface area is 278 Å². The third-order valence-electron chi connectivity index (χ3n) is 10.7. The maximum Gasteiger partial charge on any atom is 0.246 e. The molecule has 6 rings (SSSR count). The number of aromatic nitrogens is 3. The summed E-state index contributed by atoms with van der Waals surface area (Å²) < 4.78 is 6.02. The van der Waals surface area contributed by atoms with Gasteiger partial charge in [-0.2, -0.15) is 10.2 Å². The summed E-state index contributed by atoms with van der Waals surface area (Å²) in [5.41, 5.74) is 10.3. The number of likely N-dealkylation sites (tertiary alicyclic amines) is 1. The number of piperidine rings is 2. The highest BCUT2D eigenvalue weighted by molar-refractivity contribution is 5.87. The number of carbonyl (C=O) groups is 1. The van der Waals surface area contributed by atoms with Crippen molar-refractivity contribution < 1.29 is 9.32 Å². The van der Waals surface area contributed by atoms with Gasteiger partial charge in [-0.1, -0.05) is 23.7 Å². The second-order valence-corrected chi connectivity index (χ2v) is 13.8. The van der Waals surface area contributed by atoms with Crippen LogP contribution >= 0.6 is 0 Å². The lowest BCUT2D eigenvalue weighted by atomic mass is 9.68. The second-order valence-electron chi connectivity index (χ2n) is 13.8. The summed E-state index contributed by atoms with van der Waals surface area (Å²) in [6.07, 6.45) is 10.2. The Morgan fingerprint density at radius 3 is 2.43 bits per heavy atom. The van der Waals surface area contributed by atoms with Crippen molar-refractivity contribution in [1.82, 2.24) is 24.9 Å². The highest BCUT2D eigenvalue weighted by Crippen LogP contribution is 2.46. The fourth-order valence-corrected chi connectivity index (χ4v) is 8.04. The summed E-state index contributed by atoms with van der Waals surface area (Å²) in [6.45, 7) is 16.6. The number of nitrogens with zero attached hydrogens (tertiary/aromatic N) is 8. The fraction of sp³-hybridized carbons (Fsp3) is 0.583. The van der Waals surface area contributed by atoms with Crippen LogP contribution in [0.5, 0.6) is 0 Å². The fourth-order valence-electron chi connectivity index (χ4n) is 8.04. The van der Waals surface area contributed by atoms with Crippen molar-refractivity contribution in [2.45, 2.75) is 83.6 Å². The molecule has 0 aromatic carbocycles. The predicted octanol–water partition coefficient (Wildman–Crippen LogP) is 4.94. The van der Waals surface area contributed by atoms with Crippen LogP contribution in [0.2, 0.25) is 0 Å². The van der Waals surface area contributed by atoms with E-state index in [1.807, 2.05) is 11.0 Å². The van der Waals surface area contributed by atoms with Gasteiger partial charge in [0.2, 0.25) is 17.6 Å². The highest BCUT2D eigenvalue weighted by atomic mass is 16.5. The Morgan fingerprint density at radius 1 is 1.04 bits per heavy atom. The van der Waals surface area contributed by atoms with Crippen LogP contribution in [0.1, 0.15) is 78.0 Å². The van der Waals surface area contributed by atoms with Crippen LogP contribution < -0.4 is 15.5 Å². The van der Waals surface area contributed by atoms with Gasteiger partial charge in [-0.3, -0.25) is 4.79 Å². The Balaban J connectivity index is 1.32. The number of allylic oxidation sites excluding steroid dienone is 4. The van der Waals surface area contributed by atoms with Gasteiger partial charge < -0.3 is 29.9 Å². The minimum atomic E-state index is -0.635. The number of hydrogen-bond acceptors (Lipinski definition) is 10. The Morgan fingerprint density at radius 2 is 1.77 bits per heavy atom. The van der Waals surface area contributed by atoms with Crippen LogP contribution in [-0.2, 0) is 10.2 Å². The molecule has 3 saturated heterocycles. The van der Waals surface area contributed by atoms with Crippen LogP contribution in [0.15, 0.2) is 51.7 Å². The van der Waals surface area contributed by atoms with Crippen molar-refractivity contribution in [2.75, 3.05) is 62.2 Å². The number of amides is 1. The van der Waals surface area contributed by atoms with Crippen molar-refractivity contribution >= 4 is 17.4 Å². The number of nitrogens with two attached hydrogens (primary N) is 1. The minimum Gasteiger partial charge on any atom is -0.401 e. The van der Waals surface area contributed by atoms with Gasteiger partial charge in [-0.15, -0.1) is 0 Å². The van der Waals surface area contributed by atoms with Gasteiger partial charge in [0.05, 0.1) is 11.0 Å². The molecule has 250 valence electrons. The summed E-state index contributed by atoms with van der Waals surface area (Å²) in [6, 6.07) is 7.20. The van der Waals surface area contributed by atoms with Crippen LogP contribution in [0.4, 0.5) is 11.5 Å². The van der Waals surface area contributed by atoms with Crippen molar-refractivity contribution in [3.63, 3.8) is 0 Å². The van der Waals surface area contributed by atoms with Crippen LogP contribution in [-0.4, -0.2) is 89.2 Å². The number of hydrogen-bond donors (Lipinski definition) is 1. The molecular formula is C36H49N9O2. The molecule has 4 aliphatic rings. The van der Waals surface area contributed by atoms with E-state index >= 15 is 0 Å². The molecule has 11 nitrogen and oxygen atoms in total. The molecule has 1 aliphatic carbocycles. The minimum absolute atomic E-state index is 0.0317. The highest BCUT2D eigenvalue weighted by Gasteiger charge is 2.42. The van der Waals surface area contributed by atoms with Crippen LogP contribution in [0, 0.1) is 11.3 Å². The van der Waals surface area contributed by atoms with E-state index in [-0.39, 0.29) is 5.91 Å². The molecule has 0 saturated carbocycles. The molecule has 1 unspecified atom stereocenters. The molecule has 47 heavy (non-hydrogen) atoms. The summed E-state index contributed by atoms with van der Waals surface area (Å²) in [7, 11) is 0. The van der Waals surface area contributed by atoms with Crippen LogP contribution in [0.25, 0.3) is 11.5 Å². The molecule has 3 fully saturated rings. The van der Waals surface area contributed by atoms with E-state index in [9.17, 15) is 10.1 Å². The molecule has 3 aliphatic heterocycles. The third-order valence-corrected chi connectivity index (χ3v) is 10.7. The van der Waals surface area contributed by atoms with E-state index < -0.39 is 5.41 Å². The average molecular weight is 640 g/mol. The topological polar surface area (TPSA) is 132 Å². The van der Waals surface area contributed by atoms with Gasteiger partial charge in [0, 0.05) is 62.8 Å². The first-order chi connectivity index (χ1) is 22.7. The molecule has 2 aromatic rings. The average Bonchev–Trinajstić information content (AvgIpc) is 3.61. The molecule has 5 heterocycles. The van der Waals surface area contributed by atoms with E-state index in [1.54, 1.807) is 6.92 Å². The SMILES string of the molecule is C=CC(=O)N1CCN(c2cc(-c3noc(C4(C)CCCC(C)=C4/C(C#N)=C(\C)N)n3)nc(N3CCC(N4CCCCC4)CC3)c2)CC1. The number of pyridine rings is 1. The number of nitriles is 1. The van der Waals surface area contributed by atoms with E-state index in [0.29, 0.717) is 60.9 Å². The third kappa shape index (κ3) is 6.66. The standard InChI is InChI=1S/C36H49N9O2/c1-5-32(46)45-20-18-43(19-21-45)28-22-30(39-31(23-28)44-16-11-27(12-17-44)42-14-7-6-8-15-42)34-40-35(47-41-34)36(4)13-9-10-25(2)33(36)29(24-37)26(3)38/h5,22-23,27H,1,6-21,38H2,2-4H3/b29-26+. The monoisotopic (exact) mass is 639 g/mol. The first kappa shape index (κ1) is 32.8. The molecule has 1 amide bonds. The van der Waals surface area contributed by atoms with E-state index in [0.717, 1.165) is 67.8 Å². The molecule has 2 aromatic heterocycles. The molecular weight excluding hydrogens is 590 g/mol. The van der Waals surface area contributed by atoms with Crippen molar-refractivity contribution in [3.8, 4) is 17.6 Å². The van der Waals surface area contributed by atoms with Gasteiger partial charge in [0.25, 0.3) is 0 Å². The normalized spacial score (nSPS) is 23.8. The number of carbonyl (C=O) groups excluding carboxylic acids is 1. The zero-order chi connectivity index (χ0) is 33.1. The smallest absolute Gasteiger partial charge is 0.246 e. The Bertz CT molecular complexity index is 1580. The van der Waals surface area contributed by atoms with Gasteiger partial charge >= 0.3 is 0 Å². The Hall–Kier alpha value is -4.17. The molecule has 1 atom stereocenters. The quantitative estimate of drug-likeness (QED) is 0.328. The molecule has 0 radical (unpaired) electrons. The predicted molar refractivity (Wildman–Crippen MR) is 184 cm³/mol. The number of anilines is 2. The first-order valence-corrected chi connectivity index (χ1v) is 17.3. The molecule has 11 heteroatoms. The van der Waals surface area contributed by atoms with Crippen molar-refractivity contribution in [2.24, 2.45) is 5.73 Å². The zero-order valence-electron chi connectivity index (χ0n) is 28.3. The second kappa shape index (κ2) is 13.9. The number of rotatable bonds is 7. The number of piperazine rings is 1. The van der Waals surface area contributed by atoms with E-state index in [4.69, 9.17) is 20.2 Å². The lowest BCUT2D eigenvalue weighted by Crippen LogP contribution is -2.48. The van der Waals surface area contributed by atoms with Gasteiger partial charge in [0.1, 0.15) is 17.6 Å². The van der Waals surface area contributed by atoms with Gasteiger partial charge in [-0.25, -0.2) is 4.98 Å². The lowest BCUT2D eigenvalue weighted by Gasteiger charge is -2.41. The van der Waals surface area contributed by atoms with Gasteiger partial charge in [0.15, 0.2) is 0 Å². The lowest BCUT2D eigenvalue weighted by molar-refractivity contribution is -0.126. The van der Waals surface area contributed by atoms with E-state index in [2.05, 4.69) is 52.4 Å². The maximum atomic E-state index is 12.3. The maximum absolute atomic E-state index is 12.3. The summed E-state index contributed by atoms with van der Waals surface area (Å²) in [4.78, 5) is 31.6. The van der Waals surface area contributed by atoms with Gasteiger partial charge in [-0.05, 0) is 96.5 Å². The molecule has 0 bridgehead atoms. The summed E-state index contributed by atoms with van der Waals surface area (Å²) in [5, 5.41) is 14.5. The first-order valence-electron chi connectivity index (χ1n) is 17.3. The molecule has 0 spiro atoms. The van der Waals surface area contributed by atoms with Crippen molar-refractivity contribution in [3.05, 3.63) is 53.1 Å². The van der Waals surface area contributed by atoms with E-state index in [1.165, 1.54) is 38.4 Å². The largest absolute Gasteiger partial charge is 0.401 e.